The molecule has 4 aromatic carbocycles. The van der Waals surface area contributed by atoms with E-state index >= 15 is 0 Å². The van der Waals surface area contributed by atoms with Gasteiger partial charge >= 0.3 is 6.09 Å². The molecular weight excluding hydrogens is 709 g/mol. The number of carbonyl (C=O) groups excluding carboxylic acids is 2. The number of aryl methyl sites for hydroxylation is 1. The third-order valence-electron chi connectivity index (χ3n) is 9.65. The summed E-state index contributed by atoms with van der Waals surface area (Å²) in [5.74, 6) is -0.397. The van der Waals surface area contributed by atoms with Crippen molar-refractivity contribution in [1.82, 2.24) is 36.0 Å². The quantitative estimate of drug-likeness (QED) is 0.0895. The van der Waals surface area contributed by atoms with Crippen LogP contribution in [-0.4, -0.2) is 64.6 Å². The normalized spacial score (nSPS) is 16.2. The first-order valence-electron chi connectivity index (χ1n) is 17.7. The Hall–Kier alpha value is -5.93. The summed E-state index contributed by atoms with van der Waals surface area (Å²) in [6, 6.07) is 27.8. The molecule has 280 valence electrons. The Kier molecular flexibility index (Phi) is 12.1. The maximum Gasteiger partial charge on any atom is 0.404 e. The maximum absolute atomic E-state index is 13.9. The number of carbonyl (C=O) groups is 3. The first-order valence-corrected chi connectivity index (χ1v) is 19.2. The molecule has 3 amide bonds. The Balaban J connectivity index is 1.20. The van der Waals surface area contributed by atoms with Crippen LogP contribution in [0.15, 0.2) is 102 Å². The minimum atomic E-state index is -3.82. The van der Waals surface area contributed by atoms with Gasteiger partial charge in [-0.05, 0) is 108 Å². The fourth-order valence-corrected chi connectivity index (χ4v) is 7.66. The van der Waals surface area contributed by atoms with E-state index in [2.05, 4.69) is 41.3 Å². The monoisotopic (exact) mass is 750 g/mol. The fourth-order valence-electron chi connectivity index (χ4n) is 6.61. The summed E-state index contributed by atoms with van der Waals surface area (Å²) in [6.45, 7) is 2.40. The van der Waals surface area contributed by atoms with Gasteiger partial charge in [0.05, 0.1) is 4.90 Å². The molecule has 0 spiro atoms. The first-order chi connectivity index (χ1) is 26.0. The van der Waals surface area contributed by atoms with Crippen LogP contribution in [0.4, 0.5) is 10.5 Å². The summed E-state index contributed by atoms with van der Waals surface area (Å²) in [6.07, 6.45) is 1.65. The van der Waals surface area contributed by atoms with E-state index in [1.165, 1.54) is 0 Å². The maximum atomic E-state index is 13.9. The average Bonchev–Trinajstić information content (AvgIpc) is 3.73. The van der Waals surface area contributed by atoms with Gasteiger partial charge in [-0.1, -0.05) is 60.7 Å². The molecule has 1 aliphatic rings. The SMILES string of the molecule is Cc1ccc(S(=O)(=O)NCc2ccccc2)cc1-c1cccc(C[C@H](NC(=O)C2CCC(CNC(=O)O)CC2)C(=O)Nc2ccc(-c3nn[nH]n3)cc2)c1. The first kappa shape index (κ1) is 37.8. The molecule has 0 radical (unpaired) electrons. The molecule has 6 rings (SSSR count). The lowest BCUT2D eigenvalue weighted by Crippen LogP contribution is -2.48. The van der Waals surface area contributed by atoms with E-state index in [1.54, 1.807) is 42.5 Å². The van der Waals surface area contributed by atoms with Gasteiger partial charge in [0, 0.05) is 36.7 Å². The Morgan fingerprint density at radius 3 is 2.31 bits per heavy atom. The van der Waals surface area contributed by atoms with Crippen LogP contribution >= 0.6 is 0 Å². The van der Waals surface area contributed by atoms with Crippen LogP contribution in [0.3, 0.4) is 0 Å². The number of aromatic amines is 1. The van der Waals surface area contributed by atoms with Crippen LogP contribution in [0.1, 0.15) is 42.4 Å². The highest BCUT2D eigenvalue weighted by atomic mass is 32.2. The van der Waals surface area contributed by atoms with Crippen LogP contribution in [0, 0.1) is 18.8 Å². The minimum Gasteiger partial charge on any atom is -0.465 e. The van der Waals surface area contributed by atoms with Crippen molar-refractivity contribution in [2.45, 2.75) is 56.5 Å². The molecule has 1 saturated carbocycles. The Morgan fingerprint density at radius 2 is 1.61 bits per heavy atom. The van der Waals surface area contributed by atoms with Gasteiger partial charge in [-0.15, -0.1) is 10.2 Å². The lowest BCUT2D eigenvalue weighted by atomic mass is 9.81. The molecule has 1 fully saturated rings. The number of nitrogens with zero attached hydrogens (tertiary/aromatic N) is 3. The zero-order valence-electron chi connectivity index (χ0n) is 29.7. The zero-order chi connectivity index (χ0) is 38.1. The molecule has 54 heavy (non-hydrogen) atoms. The highest BCUT2D eigenvalue weighted by Crippen LogP contribution is 2.30. The third kappa shape index (κ3) is 9.93. The molecule has 1 heterocycles. The van der Waals surface area contributed by atoms with E-state index in [-0.39, 0.29) is 35.6 Å². The smallest absolute Gasteiger partial charge is 0.404 e. The minimum absolute atomic E-state index is 0.132. The number of anilines is 1. The van der Waals surface area contributed by atoms with Gasteiger partial charge < -0.3 is 21.1 Å². The van der Waals surface area contributed by atoms with Gasteiger partial charge in [-0.3, -0.25) is 9.59 Å². The van der Waals surface area contributed by atoms with Crippen LogP contribution in [0.25, 0.3) is 22.5 Å². The second-order valence-corrected chi connectivity index (χ2v) is 15.2. The van der Waals surface area contributed by atoms with Gasteiger partial charge in [0.15, 0.2) is 0 Å². The number of amides is 3. The molecule has 0 bridgehead atoms. The topological polar surface area (TPSA) is 208 Å². The predicted octanol–water partition coefficient (Wildman–Crippen LogP) is 5.06. The van der Waals surface area contributed by atoms with Crippen LogP contribution in [0.5, 0.6) is 0 Å². The lowest BCUT2D eigenvalue weighted by Gasteiger charge is -2.29. The number of aromatic nitrogens is 4. The second-order valence-electron chi connectivity index (χ2n) is 13.5. The third-order valence-corrected chi connectivity index (χ3v) is 11.1. The van der Waals surface area contributed by atoms with Gasteiger partial charge in [-0.2, -0.15) is 5.21 Å². The Morgan fingerprint density at radius 1 is 0.870 bits per heavy atom. The van der Waals surface area contributed by atoms with Crippen molar-refractivity contribution in [2.24, 2.45) is 11.8 Å². The summed E-state index contributed by atoms with van der Waals surface area (Å²) in [5.41, 5.74) is 5.18. The molecule has 1 atom stereocenters. The van der Waals surface area contributed by atoms with Crippen LogP contribution < -0.4 is 20.7 Å². The van der Waals surface area contributed by atoms with E-state index in [4.69, 9.17) is 5.11 Å². The Bertz CT molecular complexity index is 2170. The highest BCUT2D eigenvalue weighted by Gasteiger charge is 2.30. The lowest BCUT2D eigenvalue weighted by molar-refractivity contribution is -0.130. The standard InChI is InChI=1S/C39H42N8O6S/c1-25-10-19-33(54(52,53)41-24-26-6-3-2-4-7-26)22-34(25)31-9-5-8-28(20-31)21-35(43-37(48)30-13-11-27(12-14-30)23-40-39(50)51)38(49)42-32-17-15-29(16-18-32)36-44-46-47-45-36/h2-10,15-20,22,27,30,35,40-41H,11-14,21,23-24H2,1H3,(H,42,49)(H,43,48)(H,50,51)(H,44,45,46,47)/t27?,30?,35-/m0/s1. The molecule has 0 saturated heterocycles. The summed E-state index contributed by atoms with van der Waals surface area (Å²) in [7, 11) is -3.82. The second kappa shape index (κ2) is 17.3. The van der Waals surface area contributed by atoms with Gasteiger partial charge in [-0.25, -0.2) is 17.9 Å². The van der Waals surface area contributed by atoms with Gasteiger partial charge in [0.25, 0.3) is 0 Å². The molecule has 6 N–H and O–H groups in total. The molecule has 0 aliphatic heterocycles. The number of sulfonamides is 1. The molecule has 14 nitrogen and oxygen atoms in total. The van der Waals surface area contributed by atoms with E-state index in [1.807, 2.05) is 61.5 Å². The predicted molar refractivity (Wildman–Crippen MR) is 202 cm³/mol. The largest absolute Gasteiger partial charge is 0.465 e. The van der Waals surface area contributed by atoms with Crippen LogP contribution in [0.2, 0.25) is 0 Å². The number of carboxylic acid groups (broad SMARTS) is 1. The molecular formula is C39H42N8O6S. The Labute approximate surface area is 313 Å². The summed E-state index contributed by atoms with van der Waals surface area (Å²) in [5, 5.41) is 31.3. The van der Waals surface area contributed by atoms with Crippen molar-refractivity contribution < 1.29 is 27.9 Å². The van der Waals surface area contributed by atoms with Crippen LogP contribution in [-0.2, 0) is 32.6 Å². The van der Waals surface area contributed by atoms with E-state index in [0.29, 0.717) is 49.3 Å². The average molecular weight is 751 g/mol. The number of tetrazole rings is 1. The van der Waals surface area contributed by atoms with Crippen molar-refractivity contribution in [2.75, 3.05) is 11.9 Å². The summed E-state index contributed by atoms with van der Waals surface area (Å²) < 4.78 is 29.3. The van der Waals surface area contributed by atoms with Crippen molar-refractivity contribution >= 4 is 33.6 Å². The van der Waals surface area contributed by atoms with Gasteiger partial charge in [0.2, 0.25) is 27.7 Å². The molecule has 1 aliphatic carbocycles. The number of H-pyrrole nitrogens is 1. The van der Waals surface area contributed by atoms with E-state index in [0.717, 1.165) is 27.8 Å². The number of nitrogens with one attached hydrogen (secondary N) is 5. The van der Waals surface area contributed by atoms with Gasteiger partial charge in [0.1, 0.15) is 6.04 Å². The number of hydrogen-bond acceptors (Lipinski definition) is 8. The zero-order valence-corrected chi connectivity index (χ0v) is 30.5. The van der Waals surface area contributed by atoms with Crippen molar-refractivity contribution in [3.05, 3.63) is 114 Å². The van der Waals surface area contributed by atoms with Crippen molar-refractivity contribution in [3.63, 3.8) is 0 Å². The number of benzene rings is 4. The van der Waals surface area contributed by atoms with Crippen molar-refractivity contribution in [3.8, 4) is 22.5 Å². The molecule has 5 aromatic rings. The van der Waals surface area contributed by atoms with E-state index in [9.17, 15) is 22.8 Å². The molecule has 0 unspecified atom stereocenters. The number of rotatable bonds is 14. The fraction of sp³-hybridized carbons (Fsp3) is 0.282. The summed E-state index contributed by atoms with van der Waals surface area (Å²) >= 11 is 0. The molecule has 1 aromatic heterocycles. The van der Waals surface area contributed by atoms with Crippen molar-refractivity contribution in [1.29, 1.82) is 0 Å². The van der Waals surface area contributed by atoms with E-state index < -0.39 is 28.1 Å². The molecule has 15 heteroatoms. The summed E-state index contributed by atoms with van der Waals surface area (Å²) in [4.78, 5) is 38.6. The highest BCUT2D eigenvalue weighted by molar-refractivity contribution is 7.89. The number of hydrogen-bond donors (Lipinski definition) is 6.